The molecule has 0 bridgehead atoms. The highest BCUT2D eigenvalue weighted by molar-refractivity contribution is 6.00. The van der Waals surface area contributed by atoms with Crippen LogP contribution in [0.5, 0.6) is 5.75 Å². The molecule has 2 fully saturated rings. The Hall–Kier alpha value is -10.1. The quantitative estimate of drug-likeness (QED) is 0.0129. The van der Waals surface area contributed by atoms with Crippen molar-refractivity contribution in [2.24, 2.45) is 85.6 Å². The number of esters is 1. The number of guanidine groups is 2. The summed E-state index contributed by atoms with van der Waals surface area (Å²) in [6.07, 6.45) is -13.6. The molecule has 2 aliphatic heterocycles. The van der Waals surface area contributed by atoms with E-state index in [9.17, 15) is 68.7 Å². The number of ether oxygens (including phenoxy) is 2. The number of hydrogen-bond acceptors (Lipinski definition) is 23. The van der Waals surface area contributed by atoms with E-state index in [-0.39, 0.29) is 99.5 Å². The summed E-state index contributed by atoms with van der Waals surface area (Å²) in [6, 6.07) is -13.8. The summed E-state index contributed by atoms with van der Waals surface area (Å²) < 4.78 is 11.9. The molecule has 13 amide bonds. The van der Waals surface area contributed by atoms with Crippen LogP contribution in [-0.2, 0) is 76.6 Å². The first kappa shape index (κ1) is 96.1. The Balaban J connectivity index is 2.39. The smallest absolute Gasteiger partial charge is 0.329 e. The lowest BCUT2D eigenvalue weighted by Gasteiger charge is -2.39. The molecule has 2 aliphatic rings. The van der Waals surface area contributed by atoms with Crippen LogP contribution in [0.1, 0.15) is 165 Å². The average Bonchev–Trinajstić information content (AvgIpc) is 0.794. The Morgan fingerprint density at radius 2 is 1.28 bits per heavy atom. The van der Waals surface area contributed by atoms with E-state index in [2.05, 4.69) is 52.5 Å². The lowest BCUT2D eigenvalue weighted by atomic mass is 9.87. The molecule has 0 aromatic heterocycles. The van der Waals surface area contributed by atoms with Crippen LogP contribution < -0.4 is 82.7 Å². The zero-order chi connectivity index (χ0) is 85.0. The maximum atomic E-state index is 15.6. The molecular formula is C72H121N19O21. The third kappa shape index (κ3) is 29.6. The summed E-state index contributed by atoms with van der Waals surface area (Å²) >= 11 is 0. The van der Waals surface area contributed by atoms with Crippen LogP contribution in [0.15, 0.2) is 34.3 Å². The number of piperidine rings is 1. The molecule has 2 saturated heterocycles. The standard InChI is InChI=1S/C72H121N19O21/c1-32(2)29-34(5)55(96)38(9)60(100)84-45(31-50(74)95)62(102)82-43(24-19-35(6)81-72(78)79)56(97)57(98)67(107)86-51(36(7)37(8)59(75)99)64(104)88-53-40(11)112-70(110)48-18-14-15-28-91(48)69(109)54(58(111-13)41-20-22-42(93)23-21-41)89-63(103)47(25-26-49(73)94)90(12)68(108)46(30-33(3)4)85-61(101)44(17-16-27-80-71(76)77)83-65(105)52(39(10)92)87-66(53)106/h20-23,32-40,43-48,51-58,92-93,96-98H,14-19,24-31H2,1-13H3,(H2,73,94)(H2,74,95)(H2,75,99)(H,82,102)(H,83,105)(H,84,100)(H,85,101)(H,86,107)(H,87,106)(H,88,104)(H,89,103)(H4,76,77,80)(H4,78,79,81)/t34?,35?,36-,37+,38?,39+,40+,43-,44+,45-,46?,47?,48-,51-,52?,53+,54+,55?,56?,57?,58?/m0/s1. The molecule has 0 aliphatic carbocycles. The number of rotatable bonds is 36. The van der Waals surface area contributed by atoms with Crippen LogP contribution in [0.4, 0.5) is 0 Å². The van der Waals surface area contributed by atoms with Crippen LogP contribution in [0.3, 0.4) is 0 Å². The fourth-order valence-corrected chi connectivity index (χ4v) is 13.3. The van der Waals surface area contributed by atoms with Gasteiger partial charge in [-0.15, -0.1) is 0 Å². The zero-order valence-electron chi connectivity index (χ0n) is 66.1. The number of phenols is 1. The lowest BCUT2D eigenvalue weighted by Crippen LogP contribution is -2.65. The normalized spacial score (nSPS) is 23.4. The van der Waals surface area contributed by atoms with E-state index >= 15 is 24.0 Å². The first-order valence-electron chi connectivity index (χ1n) is 37.5. The molecule has 0 radical (unpaired) electrons. The topological polar surface area (TPSA) is 668 Å². The number of likely N-dealkylation sites (N-methyl/N-ethyl adjacent to an activating group) is 1. The molecule has 112 heavy (non-hydrogen) atoms. The number of aromatic hydroxyl groups is 1. The van der Waals surface area contributed by atoms with Gasteiger partial charge in [-0.1, -0.05) is 67.5 Å². The molecular weight excluding hydrogens is 1470 g/mol. The number of nitrogens with two attached hydrogens (primary N) is 7. The molecule has 10 unspecified atom stereocenters. The van der Waals surface area contributed by atoms with Crippen molar-refractivity contribution in [1.82, 2.24) is 52.3 Å². The molecule has 40 heteroatoms. The minimum atomic E-state index is -2.68. The third-order valence-corrected chi connectivity index (χ3v) is 19.8. The van der Waals surface area contributed by atoms with Gasteiger partial charge in [-0.05, 0) is 126 Å². The zero-order valence-corrected chi connectivity index (χ0v) is 66.1. The number of aliphatic hydroxyl groups excluding tert-OH is 4. The first-order valence-corrected chi connectivity index (χ1v) is 37.5. The Morgan fingerprint density at radius 1 is 0.661 bits per heavy atom. The highest BCUT2D eigenvalue weighted by atomic mass is 16.5. The molecule has 0 spiro atoms. The molecule has 3 rings (SSSR count). The van der Waals surface area contributed by atoms with Gasteiger partial charge in [0.05, 0.1) is 36.6 Å². The van der Waals surface area contributed by atoms with Gasteiger partial charge in [-0.3, -0.25) is 72.3 Å². The number of methoxy groups -OCH3 is 1. The summed E-state index contributed by atoms with van der Waals surface area (Å²) in [6.45, 7) is 16.1. The van der Waals surface area contributed by atoms with Crippen molar-refractivity contribution in [3.63, 3.8) is 0 Å². The van der Waals surface area contributed by atoms with Crippen molar-refractivity contribution in [3.8, 4) is 5.75 Å². The highest BCUT2D eigenvalue weighted by Crippen LogP contribution is 2.30. The average molecular weight is 1590 g/mol. The minimum absolute atomic E-state index is 0.0514. The summed E-state index contributed by atoms with van der Waals surface area (Å²) in [5.74, 6) is -21.8. The van der Waals surface area contributed by atoms with Gasteiger partial charge in [0.1, 0.15) is 78.4 Å². The number of nitrogens with zero attached hydrogens (tertiary/aromatic N) is 4. The van der Waals surface area contributed by atoms with Crippen molar-refractivity contribution in [2.75, 3.05) is 27.2 Å². The molecule has 630 valence electrons. The van der Waals surface area contributed by atoms with Gasteiger partial charge in [0.2, 0.25) is 70.9 Å². The van der Waals surface area contributed by atoms with Gasteiger partial charge in [0.25, 0.3) is 5.91 Å². The van der Waals surface area contributed by atoms with Crippen LogP contribution >= 0.6 is 0 Å². The summed E-state index contributed by atoms with van der Waals surface area (Å²) in [7, 11) is 2.40. The Bertz CT molecular complexity index is 3470. The number of carbonyl (C=O) groups is 14. The largest absolute Gasteiger partial charge is 0.508 e. The Kier molecular flexibility index (Phi) is 39.0. The second-order valence-corrected chi connectivity index (χ2v) is 30.0. The number of nitrogens with one attached hydrogen (secondary N) is 8. The molecule has 0 saturated carbocycles. The lowest BCUT2D eigenvalue weighted by molar-refractivity contribution is -0.165. The molecule has 1 aromatic carbocycles. The molecule has 27 N–H and O–H groups in total. The van der Waals surface area contributed by atoms with E-state index in [4.69, 9.17) is 49.6 Å². The SMILES string of the molecule is COC(c1ccc(O)cc1)[C@H]1NC(=O)C(CCC(N)=O)N(C)C(=O)C(CC(C)C)NC(=O)[C@@H](CCCN=C(N)N)NC(=O)C([C@@H](C)O)NC(=O)[C@H](NC(=O)[C@@H](NC(=O)C(O)C(O)[C@H](CCC(C)N=C(N)N)NC(=O)[C@H](CC(N)=O)NC(=O)C(C)C(O)C(C)CC(C)C)[C@@H](C)[C@@H](C)C(N)=O)[C@@H](C)OC(=O)[C@@H]2CCCCN2C1=O. The van der Waals surface area contributed by atoms with Gasteiger partial charge in [0.15, 0.2) is 18.0 Å². The van der Waals surface area contributed by atoms with E-state index in [0.717, 1.165) is 23.6 Å². The van der Waals surface area contributed by atoms with Crippen molar-refractivity contribution in [1.29, 1.82) is 0 Å². The molecule has 1 aromatic rings. The Labute approximate surface area is 651 Å². The van der Waals surface area contributed by atoms with E-state index < -0.39 is 229 Å². The van der Waals surface area contributed by atoms with Crippen LogP contribution in [0.25, 0.3) is 0 Å². The van der Waals surface area contributed by atoms with E-state index in [1.807, 2.05) is 13.8 Å². The summed E-state index contributed by atoms with van der Waals surface area (Å²) in [5, 5.41) is 76.4. The highest BCUT2D eigenvalue weighted by Gasteiger charge is 2.47. The number of phenolic OH excluding ortho intramolecular Hbond substituents is 1. The summed E-state index contributed by atoms with van der Waals surface area (Å²) in [4.78, 5) is 211. The first-order chi connectivity index (χ1) is 52.2. The number of carbonyl (C=O) groups excluding carboxylic acids is 14. The predicted molar refractivity (Wildman–Crippen MR) is 406 cm³/mol. The number of hydrogen-bond donors (Lipinski definition) is 20. The van der Waals surface area contributed by atoms with E-state index in [1.165, 1.54) is 66.1 Å². The predicted octanol–water partition coefficient (Wildman–Crippen LogP) is -5.67. The number of aliphatic imine (C=N–C) groups is 2. The number of amides is 13. The summed E-state index contributed by atoms with van der Waals surface area (Å²) in [5.41, 5.74) is 39.5. The molecule has 2 heterocycles. The molecule has 40 nitrogen and oxygen atoms in total. The maximum Gasteiger partial charge on any atom is 0.329 e. The number of cyclic esters (lactones) is 1. The third-order valence-electron chi connectivity index (χ3n) is 19.8. The van der Waals surface area contributed by atoms with Gasteiger partial charge < -0.3 is 127 Å². The van der Waals surface area contributed by atoms with Crippen molar-refractivity contribution >= 4 is 94.7 Å². The number of primary amides is 3. The number of aliphatic hydroxyl groups is 4. The van der Waals surface area contributed by atoms with Gasteiger partial charge in [-0.2, -0.15) is 0 Å². The number of fused-ring (bicyclic) bond motifs is 1. The number of benzene rings is 1. The van der Waals surface area contributed by atoms with Gasteiger partial charge in [-0.25, -0.2) is 4.79 Å². The fraction of sp³-hybridized carbons (Fsp3) is 0.694. The van der Waals surface area contributed by atoms with Crippen LogP contribution in [0, 0.1) is 35.5 Å². The minimum Gasteiger partial charge on any atom is -0.508 e. The van der Waals surface area contributed by atoms with E-state index in [1.54, 1.807) is 20.8 Å². The molecule has 21 atom stereocenters. The monoisotopic (exact) mass is 1590 g/mol. The van der Waals surface area contributed by atoms with Crippen molar-refractivity contribution in [3.05, 3.63) is 29.8 Å². The van der Waals surface area contributed by atoms with Gasteiger partial charge in [0, 0.05) is 39.6 Å². The van der Waals surface area contributed by atoms with Gasteiger partial charge >= 0.3 is 5.97 Å². The second kappa shape index (κ2) is 45.4. The Morgan fingerprint density at radius 3 is 1.83 bits per heavy atom. The second-order valence-electron chi connectivity index (χ2n) is 30.0. The van der Waals surface area contributed by atoms with Crippen LogP contribution in [0.2, 0.25) is 0 Å². The van der Waals surface area contributed by atoms with E-state index in [0.29, 0.717) is 6.42 Å². The van der Waals surface area contributed by atoms with Crippen LogP contribution in [-0.4, -0.2) is 254 Å². The van der Waals surface area contributed by atoms with Crippen molar-refractivity contribution < 1.29 is 102 Å². The van der Waals surface area contributed by atoms with Crippen molar-refractivity contribution in [2.45, 2.75) is 256 Å². The maximum absolute atomic E-state index is 15.6. The fourth-order valence-electron chi connectivity index (χ4n) is 13.3.